The summed E-state index contributed by atoms with van der Waals surface area (Å²) < 4.78 is 13.1. The number of benzene rings is 2. The van der Waals surface area contributed by atoms with E-state index < -0.39 is 0 Å². The minimum atomic E-state index is -0.341. The SMILES string of the molecule is O=C1CC(=O)N(CCN2CCC(C(=O)c3ccc(F)cc3)CC2)c2ccccc21. The second-order valence-electron chi connectivity index (χ2n) is 7.65. The largest absolute Gasteiger partial charge is 0.310 e. The molecule has 150 valence electrons. The Kier molecular flexibility index (Phi) is 5.53. The molecule has 2 aliphatic heterocycles. The average Bonchev–Trinajstić information content (AvgIpc) is 2.74. The van der Waals surface area contributed by atoms with Gasteiger partial charge in [-0.2, -0.15) is 0 Å². The Morgan fingerprint density at radius 2 is 1.66 bits per heavy atom. The third-order valence-corrected chi connectivity index (χ3v) is 5.84. The molecular weight excluding hydrogens is 371 g/mol. The monoisotopic (exact) mass is 394 g/mol. The molecule has 0 unspecified atom stereocenters. The van der Waals surface area contributed by atoms with Crippen LogP contribution in [0.2, 0.25) is 0 Å². The van der Waals surface area contributed by atoms with E-state index in [-0.39, 0.29) is 35.6 Å². The van der Waals surface area contributed by atoms with E-state index >= 15 is 0 Å². The highest BCUT2D eigenvalue weighted by Crippen LogP contribution is 2.28. The maximum atomic E-state index is 13.1. The molecule has 0 aliphatic carbocycles. The number of carbonyl (C=O) groups is 3. The van der Waals surface area contributed by atoms with E-state index in [1.165, 1.54) is 12.1 Å². The molecule has 0 bridgehead atoms. The van der Waals surface area contributed by atoms with Crippen LogP contribution in [0.25, 0.3) is 0 Å². The molecule has 1 fully saturated rings. The van der Waals surface area contributed by atoms with Gasteiger partial charge in [0.05, 0.1) is 12.1 Å². The smallest absolute Gasteiger partial charge is 0.234 e. The van der Waals surface area contributed by atoms with Crippen molar-refractivity contribution < 1.29 is 18.8 Å². The lowest BCUT2D eigenvalue weighted by atomic mass is 9.89. The van der Waals surface area contributed by atoms with Crippen LogP contribution in [0.1, 0.15) is 40.0 Å². The standard InChI is InChI=1S/C23H23FN2O3/c24-18-7-5-16(6-8-18)23(29)17-9-11-25(12-10-17)13-14-26-20-4-2-1-3-19(20)21(27)15-22(26)28/h1-8,17H,9-15H2. The van der Waals surface area contributed by atoms with E-state index in [2.05, 4.69) is 4.90 Å². The molecular formula is C23H23FN2O3. The van der Waals surface area contributed by atoms with Gasteiger partial charge < -0.3 is 9.80 Å². The zero-order chi connectivity index (χ0) is 20.4. The first-order chi connectivity index (χ1) is 14.0. The Bertz CT molecular complexity index is 933. The van der Waals surface area contributed by atoms with E-state index in [4.69, 9.17) is 0 Å². The second-order valence-corrected chi connectivity index (χ2v) is 7.65. The highest BCUT2D eigenvalue weighted by Gasteiger charge is 2.30. The summed E-state index contributed by atoms with van der Waals surface area (Å²) in [7, 11) is 0. The number of nitrogens with zero attached hydrogens (tertiary/aromatic N) is 2. The molecule has 0 radical (unpaired) electrons. The molecule has 1 saturated heterocycles. The quantitative estimate of drug-likeness (QED) is 0.577. The van der Waals surface area contributed by atoms with Gasteiger partial charge in [-0.3, -0.25) is 14.4 Å². The highest BCUT2D eigenvalue weighted by atomic mass is 19.1. The van der Waals surface area contributed by atoms with Gasteiger partial charge in [-0.1, -0.05) is 12.1 Å². The van der Waals surface area contributed by atoms with Crippen molar-refractivity contribution in [3.63, 3.8) is 0 Å². The van der Waals surface area contributed by atoms with Crippen molar-refractivity contribution in [1.29, 1.82) is 0 Å². The first kappa shape index (κ1) is 19.5. The van der Waals surface area contributed by atoms with Crippen LogP contribution in [0.3, 0.4) is 0 Å². The number of ketones is 2. The maximum Gasteiger partial charge on any atom is 0.234 e. The molecule has 5 nitrogen and oxygen atoms in total. The number of likely N-dealkylation sites (tertiary alicyclic amines) is 1. The number of amides is 1. The summed E-state index contributed by atoms with van der Waals surface area (Å²) in [4.78, 5) is 41.0. The lowest BCUT2D eigenvalue weighted by Gasteiger charge is -2.34. The van der Waals surface area contributed by atoms with Gasteiger partial charge in [0.1, 0.15) is 5.82 Å². The predicted octanol–water partition coefficient (Wildman–Crippen LogP) is 3.34. The highest BCUT2D eigenvalue weighted by molar-refractivity contribution is 6.19. The number of Topliss-reactive ketones (excluding diaryl/α,β-unsaturated/α-hetero) is 2. The molecule has 2 heterocycles. The molecule has 0 atom stereocenters. The minimum absolute atomic E-state index is 0.0494. The molecule has 29 heavy (non-hydrogen) atoms. The molecule has 2 aromatic carbocycles. The van der Waals surface area contributed by atoms with Gasteiger partial charge in [-0.15, -0.1) is 0 Å². The van der Waals surface area contributed by atoms with E-state index in [1.54, 1.807) is 23.1 Å². The second kappa shape index (κ2) is 8.25. The first-order valence-electron chi connectivity index (χ1n) is 9.97. The first-order valence-corrected chi connectivity index (χ1v) is 9.97. The van der Waals surface area contributed by atoms with Crippen LogP contribution < -0.4 is 4.90 Å². The van der Waals surface area contributed by atoms with Crippen molar-refractivity contribution in [3.05, 3.63) is 65.5 Å². The van der Waals surface area contributed by atoms with Crippen molar-refractivity contribution in [2.24, 2.45) is 5.92 Å². The summed E-state index contributed by atoms with van der Waals surface area (Å²) in [5.74, 6) is -0.598. The predicted molar refractivity (Wildman–Crippen MR) is 108 cm³/mol. The van der Waals surface area contributed by atoms with Crippen LogP contribution in [0.15, 0.2) is 48.5 Å². The number of halogens is 1. The minimum Gasteiger partial charge on any atom is -0.310 e. The molecule has 0 N–H and O–H groups in total. The molecule has 1 amide bonds. The summed E-state index contributed by atoms with van der Waals surface area (Å²) in [5.41, 5.74) is 1.86. The Morgan fingerprint density at radius 3 is 2.38 bits per heavy atom. The third kappa shape index (κ3) is 4.12. The van der Waals surface area contributed by atoms with Crippen molar-refractivity contribution in [1.82, 2.24) is 4.90 Å². The molecule has 0 aromatic heterocycles. The van der Waals surface area contributed by atoms with Crippen LogP contribution in [-0.2, 0) is 4.79 Å². The fraction of sp³-hybridized carbons (Fsp3) is 0.348. The number of rotatable bonds is 5. The summed E-state index contributed by atoms with van der Waals surface area (Å²) in [6.07, 6.45) is 1.42. The molecule has 0 saturated carbocycles. The summed E-state index contributed by atoms with van der Waals surface area (Å²) in [6.45, 7) is 2.78. The van der Waals surface area contributed by atoms with Crippen LogP contribution in [-0.4, -0.2) is 48.6 Å². The van der Waals surface area contributed by atoms with E-state index in [0.717, 1.165) is 25.9 Å². The zero-order valence-electron chi connectivity index (χ0n) is 16.1. The Hall–Kier alpha value is -2.86. The summed E-state index contributed by atoms with van der Waals surface area (Å²) >= 11 is 0. The number of carbonyl (C=O) groups excluding carboxylic acids is 3. The zero-order valence-corrected chi connectivity index (χ0v) is 16.1. The molecule has 0 spiro atoms. The van der Waals surface area contributed by atoms with Crippen LogP contribution in [0.4, 0.5) is 10.1 Å². The third-order valence-electron chi connectivity index (χ3n) is 5.84. The van der Waals surface area contributed by atoms with Crippen molar-refractivity contribution >= 4 is 23.2 Å². The van der Waals surface area contributed by atoms with Crippen LogP contribution in [0.5, 0.6) is 0 Å². The van der Waals surface area contributed by atoms with Gasteiger partial charge in [0.2, 0.25) is 5.91 Å². The number of para-hydroxylation sites is 1. The normalized spacial score (nSPS) is 18.0. The van der Waals surface area contributed by atoms with Gasteiger partial charge >= 0.3 is 0 Å². The summed E-state index contributed by atoms with van der Waals surface area (Å²) in [6, 6.07) is 13.0. The molecule has 6 heteroatoms. The number of hydrogen-bond acceptors (Lipinski definition) is 4. The topological polar surface area (TPSA) is 57.7 Å². The van der Waals surface area contributed by atoms with E-state index in [0.29, 0.717) is 29.9 Å². The van der Waals surface area contributed by atoms with Gasteiger partial charge in [0, 0.05) is 30.1 Å². The molecule has 2 aliphatic rings. The van der Waals surface area contributed by atoms with Crippen molar-refractivity contribution in [3.8, 4) is 0 Å². The maximum absolute atomic E-state index is 13.1. The number of fused-ring (bicyclic) bond motifs is 1. The number of hydrogen-bond donors (Lipinski definition) is 0. The Balaban J connectivity index is 1.33. The van der Waals surface area contributed by atoms with Gasteiger partial charge in [-0.25, -0.2) is 4.39 Å². The Labute approximate surface area is 169 Å². The Morgan fingerprint density at radius 1 is 0.966 bits per heavy atom. The fourth-order valence-electron chi connectivity index (χ4n) is 4.16. The van der Waals surface area contributed by atoms with Crippen molar-refractivity contribution in [2.75, 3.05) is 31.1 Å². The van der Waals surface area contributed by atoms with Crippen LogP contribution in [0, 0.1) is 11.7 Å². The molecule has 2 aromatic rings. The lowest BCUT2D eigenvalue weighted by Crippen LogP contribution is -2.45. The van der Waals surface area contributed by atoms with Gasteiger partial charge in [0.25, 0.3) is 0 Å². The van der Waals surface area contributed by atoms with Gasteiger partial charge in [0.15, 0.2) is 11.6 Å². The van der Waals surface area contributed by atoms with Gasteiger partial charge in [-0.05, 0) is 62.3 Å². The molecule has 4 rings (SSSR count). The van der Waals surface area contributed by atoms with Crippen molar-refractivity contribution in [2.45, 2.75) is 19.3 Å². The lowest BCUT2D eigenvalue weighted by molar-refractivity contribution is -0.118. The number of piperidine rings is 1. The van der Waals surface area contributed by atoms with Crippen LogP contribution >= 0.6 is 0 Å². The fourth-order valence-corrected chi connectivity index (χ4v) is 4.16. The average molecular weight is 394 g/mol. The van der Waals surface area contributed by atoms with E-state index in [1.807, 2.05) is 18.2 Å². The number of anilines is 1. The van der Waals surface area contributed by atoms with E-state index in [9.17, 15) is 18.8 Å². The summed E-state index contributed by atoms with van der Waals surface area (Å²) in [5, 5.41) is 0.